The van der Waals surface area contributed by atoms with Crippen molar-refractivity contribution in [3.63, 3.8) is 0 Å². The van der Waals surface area contributed by atoms with Gasteiger partial charge in [0.1, 0.15) is 0 Å². The average Bonchev–Trinajstić information content (AvgIpc) is 2.43. The van der Waals surface area contributed by atoms with E-state index in [0.717, 1.165) is 19.3 Å². The second-order valence-electron chi connectivity index (χ2n) is 4.43. The first kappa shape index (κ1) is 9.71. The van der Waals surface area contributed by atoms with Crippen LogP contribution < -0.4 is 0 Å². The molecular formula is C11H16O3. The first-order chi connectivity index (χ1) is 6.68. The van der Waals surface area contributed by atoms with Crippen LogP contribution >= 0.6 is 0 Å². The minimum Gasteiger partial charge on any atom is -0.481 e. The lowest BCUT2D eigenvalue weighted by Crippen LogP contribution is -2.24. The largest absolute Gasteiger partial charge is 0.481 e. The monoisotopic (exact) mass is 196 g/mol. The Balaban J connectivity index is 2.07. The number of aliphatic hydroxyl groups is 1. The summed E-state index contributed by atoms with van der Waals surface area (Å²) in [5.74, 6) is 0.0946. The maximum atomic E-state index is 10.6. The van der Waals surface area contributed by atoms with E-state index in [1.165, 1.54) is 0 Å². The Labute approximate surface area is 83.4 Å². The van der Waals surface area contributed by atoms with E-state index < -0.39 is 12.1 Å². The minimum atomic E-state index is -0.788. The van der Waals surface area contributed by atoms with Gasteiger partial charge in [-0.25, -0.2) is 0 Å². The summed E-state index contributed by atoms with van der Waals surface area (Å²) in [6.45, 7) is 0. The molecule has 2 N–H and O–H groups in total. The molecular weight excluding hydrogens is 180 g/mol. The molecule has 0 aromatic heterocycles. The predicted molar refractivity (Wildman–Crippen MR) is 51.7 cm³/mol. The van der Waals surface area contributed by atoms with E-state index in [4.69, 9.17) is 5.11 Å². The standard InChI is InChI=1S/C11H16O3/c12-10-5-7-3-1-2-4-8(7)9(10)6-11(13)14/h1-2,7-10,12H,3-6H2,(H,13,14)/t7-,8-,9+,10+/m1/s1. The van der Waals surface area contributed by atoms with Gasteiger partial charge in [-0.2, -0.15) is 0 Å². The van der Waals surface area contributed by atoms with E-state index in [1.807, 2.05) is 0 Å². The lowest BCUT2D eigenvalue weighted by Gasteiger charge is -2.25. The van der Waals surface area contributed by atoms with E-state index >= 15 is 0 Å². The van der Waals surface area contributed by atoms with E-state index in [0.29, 0.717) is 11.8 Å². The highest BCUT2D eigenvalue weighted by Crippen LogP contribution is 2.45. The molecule has 78 valence electrons. The van der Waals surface area contributed by atoms with Crippen LogP contribution in [-0.4, -0.2) is 22.3 Å². The Hall–Kier alpha value is -0.830. The molecule has 0 radical (unpaired) electrons. The minimum absolute atomic E-state index is 0.0255. The summed E-state index contributed by atoms with van der Waals surface area (Å²) < 4.78 is 0. The summed E-state index contributed by atoms with van der Waals surface area (Å²) in [5.41, 5.74) is 0. The van der Waals surface area contributed by atoms with E-state index in [-0.39, 0.29) is 12.3 Å². The molecule has 2 aliphatic rings. The Morgan fingerprint density at radius 1 is 1.36 bits per heavy atom. The first-order valence-electron chi connectivity index (χ1n) is 5.23. The van der Waals surface area contributed by atoms with Gasteiger partial charge in [0.15, 0.2) is 0 Å². The zero-order chi connectivity index (χ0) is 10.1. The van der Waals surface area contributed by atoms with E-state index in [9.17, 15) is 9.90 Å². The number of fused-ring (bicyclic) bond motifs is 1. The van der Waals surface area contributed by atoms with Crippen LogP contribution in [0.15, 0.2) is 12.2 Å². The molecule has 1 saturated carbocycles. The molecule has 0 saturated heterocycles. The quantitative estimate of drug-likeness (QED) is 0.657. The highest BCUT2D eigenvalue weighted by Gasteiger charge is 2.42. The van der Waals surface area contributed by atoms with Crippen LogP contribution in [0.4, 0.5) is 0 Å². The maximum absolute atomic E-state index is 10.6. The highest BCUT2D eigenvalue weighted by molar-refractivity contribution is 5.67. The molecule has 3 nitrogen and oxygen atoms in total. The molecule has 0 spiro atoms. The van der Waals surface area contributed by atoms with Crippen LogP contribution in [0.1, 0.15) is 25.7 Å². The van der Waals surface area contributed by atoms with Gasteiger partial charge >= 0.3 is 5.97 Å². The average molecular weight is 196 g/mol. The van der Waals surface area contributed by atoms with Gasteiger partial charge in [0, 0.05) is 0 Å². The van der Waals surface area contributed by atoms with Crippen molar-refractivity contribution in [2.75, 3.05) is 0 Å². The maximum Gasteiger partial charge on any atom is 0.303 e. The van der Waals surface area contributed by atoms with Crippen LogP contribution in [-0.2, 0) is 4.79 Å². The summed E-state index contributed by atoms with van der Waals surface area (Å²) in [6.07, 6.45) is 6.73. The Morgan fingerprint density at radius 3 is 2.79 bits per heavy atom. The summed E-state index contributed by atoms with van der Waals surface area (Å²) in [7, 11) is 0. The topological polar surface area (TPSA) is 57.5 Å². The molecule has 0 heterocycles. The van der Waals surface area contributed by atoms with Crippen molar-refractivity contribution in [2.24, 2.45) is 17.8 Å². The molecule has 0 bridgehead atoms. The van der Waals surface area contributed by atoms with Crippen molar-refractivity contribution in [2.45, 2.75) is 31.8 Å². The number of rotatable bonds is 2. The number of carbonyl (C=O) groups is 1. The zero-order valence-electron chi connectivity index (χ0n) is 8.10. The molecule has 1 fully saturated rings. The van der Waals surface area contributed by atoms with Gasteiger partial charge in [-0.15, -0.1) is 0 Å². The van der Waals surface area contributed by atoms with Crippen molar-refractivity contribution >= 4 is 5.97 Å². The van der Waals surface area contributed by atoms with Crippen molar-refractivity contribution in [3.8, 4) is 0 Å². The lowest BCUT2D eigenvalue weighted by molar-refractivity contribution is -0.139. The van der Waals surface area contributed by atoms with E-state index in [1.54, 1.807) is 0 Å². The summed E-state index contributed by atoms with van der Waals surface area (Å²) in [5, 5.41) is 18.5. The third-order valence-electron chi connectivity index (χ3n) is 3.62. The van der Waals surface area contributed by atoms with Gasteiger partial charge in [0.05, 0.1) is 12.5 Å². The van der Waals surface area contributed by atoms with Crippen LogP contribution in [0, 0.1) is 17.8 Å². The van der Waals surface area contributed by atoms with Gasteiger partial charge < -0.3 is 10.2 Å². The zero-order valence-corrected chi connectivity index (χ0v) is 8.10. The fourth-order valence-corrected chi connectivity index (χ4v) is 2.95. The fraction of sp³-hybridized carbons (Fsp3) is 0.727. The number of aliphatic carboxylic acids is 1. The second kappa shape index (κ2) is 3.73. The number of carboxylic acids is 1. The third kappa shape index (κ3) is 1.69. The molecule has 4 atom stereocenters. The molecule has 2 rings (SSSR count). The number of hydrogen-bond acceptors (Lipinski definition) is 2. The summed E-state index contributed by atoms with van der Waals surface area (Å²) in [6, 6.07) is 0. The Bertz CT molecular complexity index is 259. The Kier molecular flexibility index (Phi) is 2.59. The van der Waals surface area contributed by atoms with Crippen molar-refractivity contribution < 1.29 is 15.0 Å². The van der Waals surface area contributed by atoms with Gasteiger partial charge in [-0.05, 0) is 37.0 Å². The second-order valence-corrected chi connectivity index (χ2v) is 4.43. The molecule has 0 unspecified atom stereocenters. The predicted octanol–water partition coefficient (Wildman–Crippen LogP) is 1.42. The fourth-order valence-electron chi connectivity index (χ4n) is 2.95. The SMILES string of the molecule is O=C(O)C[C@H]1[C@@H]2CC=CC[C@@H]2C[C@@H]1O. The molecule has 2 aliphatic carbocycles. The number of aliphatic hydroxyl groups excluding tert-OH is 1. The molecule has 0 aliphatic heterocycles. The van der Waals surface area contributed by atoms with E-state index in [2.05, 4.69) is 12.2 Å². The van der Waals surface area contributed by atoms with Crippen LogP contribution in [0.25, 0.3) is 0 Å². The van der Waals surface area contributed by atoms with Gasteiger partial charge in [0.2, 0.25) is 0 Å². The normalized spacial score (nSPS) is 40.9. The number of allylic oxidation sites excluding steroid dienone is 2. The van der Waals surface area contributed by atoms with Crippen LogP contribution in [0.3, 0.4) is 0 Å². The highest BCUT2D eigenvalue weighted by atomic mass is 16.4. The molecule has 0 aromatic rings. The van der Waals surface area contributed by atoms with Gasteiger partial charge in [-0.3, -0.25) is 4.79 Å². The number of hydrogen-bond donors (Lipinski definition) is 2. The molecule has 0 aromatic carbocycles. The van der Waals surface area contributed by atoms with Crippen LogP contribution in [0.5, 0.6) is 0 Å². The molecule has 14 heavy (non-hydrogen) atoms. The van der Waals surface area contributed by atoms with Crippen molar-refractivity contribution in [3.05, 3.63) is 12.2 Å². The lowest BCUT2D eigenvalue weighted by atomic mass is 9.80. The molecule has 0 amide bonds. The van der Waals surface area contributed by atoms with Crippen molar-refractivity contribution in [1.82, 2.24) is 0 Å². The van der Waals surface area contributed by atoms with Crippen LogP contribution in [0.2, 0.25) is 0 Å². The summed E-state index contributed by atoms with van der Waals surface area (Å²) >= 11 is 0. The Morgan fingerprint density at radius 2 is 2.07 bits per heavy atom. The smallest absolute Gasteiger partial charge is 0.303 e. The van der Waals surface area contributed by atoms with Gasteiger partial charge in [-0.1, -0.05) is 12.2 Å². The molecule has 3 heteroatoms. The van der Waals surface area contributed by atoms with Crippen molar-refractivity contribution in [1.29, 1.82) is 0 Å². The number of carboxylic acid groups (broad SMARTS) is 1. The first-order valence-corrected chi connectivity index (χ1v) is 5.23. The third-order valence-corrected chi connectivity index (χ3v) is 3.62. The summed E-state index contributed by atoms with van der Waals surface area (Å²) in [4.78, 5) is 10.6. The van der Waals surface area contributed by atoms with Gasteiger partial charge in [0.25, 0.3) is 0 Å².